The van der Waals surface area contributed by atoms with E-state index in [-0.39, 0.29) is 12.5 Å². The van der Waals surface area contributed by atoms with Crippen LogP contribution in [0.25, 0.3) is 17.0 Å². The predicted molar refractivity (Wildman–Crippen MR) is 82.4 cm³/mol. The molecule has 108 valence electrons. The van der Waals surface area contributed by atoms with Crippen molar-refractivity contribution in [3.63, 3.8) is 0 Å². The predicted octanol–water partition coefficient (Wildman–Crippen LogP) is 3.52. The van der Waals surface area contributed by atoms with Gasteiger partial charge in [-0.05, 0) is 32.9 Å². The Morgan fingerprint density at radius 1 is 1.38 bits per heavy atom. The van der Waals surface area contributed by atoms with Gasteiger partial charge >= 0.3 is 5.97 Å². The molecular formula is C17H18N2O2. The van der Waals surface area contributed by atoms with Gasteiger partial charge in [0.2, 0.25) is 0 Å². The van der Waals surface area contributed by atoms with E-state index in [1.807, 2.05) is 61.9 Å². The summed E-state index contributed by atoms with van der Waals surface area (Å²) in [6.07, 6.45) is 5.04. The van der Waals surface area contributed by atoms with Crippen LogP contribution in [-0.2, 0) is 16.1 Å². The monoisotopic (exact) mass is 282 g/mol. The second kappa shape index (κ2) is 5.84. The molecule has 4 nitrogen and oxygen atoms in total. The maximum atomic E-state index is 12.0. The standard InChI is InChI=1S/C17H18N2O2/c1-17(2,3)21-16(20)12-19-11-13(7-6-10-18)14-8-4-5-9-15(14)19/h4-9,11H,12H2,1-3H3. The third kappa shape index (κ3) is 3.73. The minimum Gasteiger partial charge on any atom is -0.459 e. The van der Waals surface area contributed by atoms with E-state index in [2.05, 4.69) is 0 Å². The summed E-state index contributed by atoms with van der Waals surface area (Å²) in [5, 5.41) is 9.67. The highest BCUT2D eigenvalue weighted by Gasteiger charge is 2.17. The zero-order valence-electron chi connectivity index (χ0n) is 12.5. The highest BCUT2D eigenvalue weighted by atomic mass is 16.6. The molecule has 0 N–H and O–H groups in total. The summed E-state index contributed by atoms with van der Waals surface area (Å²) in [4.78, 5) is 12.0. The number of allylic oxidation sites excluding steroid dienone is 1. The second-order valence-corrected chi connectivity index (χ2v) is 5.78. The summed E-state index contributed by atoms with van der Waals surface area (Å²) in [5.41, 5.74) is 1.36. The average molecular weight is 282 g/mol. The first kappa shape index (κ1) is 14.9. The zero-order chi connectivity index (χ0) is 15.5. The van der Waals surface area contributed by atoms with Crippen molar-refractivity contribution >= 4 is 22.9 Å². The number of para-hydroxylation sites is 1. The highest BCUT2D eigenvalue weighted by molar-refractivity contribution is 5.90. The maximum Gasteiger partial charge on any atom is 0.326 e. The van der Waals surface area contributed by atoms with Crippen molar-refractivity contribution in [2.75, 3.05) is 0 Å². The quantitative estimate of drug-likeness (QED) is 0.639. The molecule has 0 saturated carbocycles. The minimum atomic E-state index is -0.496. The van der Waals surface area contributed by atoms with Crippen molar-refractivity contribution in [3.8, 4) is 6.07 Å². The number of carbonyl (C=O) groups excluding carboxylic acids is 1. The van der Waals surface area contributed by atoms with Crippen molar-refractivity contribution in [1.82, 2.24) is 4.57 Å². The molecular weight excluding hydrogens is 264 g/mol. The molecule has 1 aromatic heterocycles. The average Bonchev–Trinajstić information content (AvgIpc) is 2.73. The number of benzene rings is 1. The van der Waals surface area contributed by atoms with Crippen molar-refractivity contribution in [1.29, 1.82) is 5.26 Å². The molecule has 1 aromatic carbocycles. The number of ether oxygens (including phenoxy) is 1. The van der Waals surface area contributed by atoms with Gasteiger partial charge in [0.05, 0.1) is 6.07 Å². The van der Waals surface area contributed by atoms with E-state index in [1.54, 1.807) is 6.08 Å². The van der Waals surface area contributed by atoms with Crippen molar-refractivity contribution in [2.24, 2.45) is 0 Å². The topological polar surface area (TPSA) is 55.0 Å². The smallest absolute Gasteiger partial charge is 0.326 e. The largest absolute Gasteiger partial charge is 0.459 e. The number of aromatic nitrogens is 1. The fourth-order valence-corrected chi connectivity index (χ4v) is 2.18. The third-order valence-electron chi connectivity index (χ3n) is 2.88. The van der Waals surface area contributed by atoms with Crippen LogP contribution in [-0.4, -0.2) is 16.1 Å². The van der Waals surface area contributed by atoms with Crippen LogP contribution in [0.4, 0.5) is 0 Å². The van der Waals surface area contributed by atoms with Gasteiger partial charge in [0.15, 0.2) is 0 Å². The molecule has 0 bridgehead atoms. The Hall–Kier alpha value is -2.54. The van der Waals surface area contributed by atoms with Gasteiger partial charge < -0.3 is 9.30 Å². The Kier molecular flexibility index (Phi) is 4.13. The van der Waals surface area contributed by atoms with Crippen LogP contribution in [0, 0.1) is 11.3 Å². The number of nitrogens with zero attached hydrogens (tertiary/aromatic N) is 2. The molecule has 0 fully saturated rings. The lowest BCUT2D eigenvalue weighted by atomic mass is 10.2. The summed E-state index contributed by atoms with van der Waals surface area (Å²) >= 11 is 0. The van der Waals surface area contributed by atoms with Crippen LogP contribution in [0.15, 0.2) is 36.5 Å². The van der Waals surface area contributed by atoms with Gasteiger partial charge in [-0.15, -0.1) is 0 Å². The number of hydrogen-bond donors (Lipinski definition) is 0. The van der Waals surface area contributed by atoms with E-state index < -0.39 is 5.60 Å². The van der Waals surface area contributed by atoms with E-state index in [4.69, 9.17) is 10.00 Å². The lowest BCUT2D eigenvalue weighted by Crippen LogP contribution is -2.26. The van der Waals surface area contributed by atoms with Crippen LogP contribution in [0.1, 0.15) is 26.3 Å². The van der Waals surface area contributed by atoms with E-state index in [1.165, 1.54) is 6.08 Å². The molecule has 4 heteroatoms. The molecule has 1 heterocycles. The second-order valence-electron chi connectivity index (χ2n) is 5.78. The highest BCUT2D eigenvalue weighted by Crippen LogP contribution is 2.23. The molecule has 2 rings (SSSR count). The first-order chi connectivity index (χ1) is 9.90. The van der Waals surface area contributed by atoms with Crippen molar-refractivity contribution < 1.29 is 9.53 Å². The molecule has 0 aliphatic heterocycles. The molecule has 0 unspecified atom stereocenters. The van der Waals surface area contributed by atoms with Crippen LogP contribution < -0.4 is 0 Å². The van der Waals surface area contributed by atoms with Gasteiger partial charge in [0.1, 0.15) is 12.1 Å². The molecule has 0 atom stereocenters. The third-order valence-corrected chi connectivity index (χ3v) is 2.88. The van der Waals surface area contributed by atoms with Crippen LogP contribution in [0.3, 0.4) is 0 Å². The summed E-state index contributed by atoms with van der Waals surface area (Å²) in [6, 6.07) is 9.76. The first-order valence-electron chi connectivity index (χ1n) is 6.76. The molecule has 21 heavy (non-hydrogen) atoms. The summed E-state index contributed by atoms with van der Waals surface area (Å²) in [7, 11) is 0. The fraction of sp³-hybridized carbons (Fsp3) is 0.294. The summed E-state index contributed by atoms with van der Waals surface area (Å²) < 4.78 is 7.20. The van der Waals surface area contributed by atoms with Gasteiger partial charge in [0, 0.05) is 28.7 Å². The Bertz CT molecular complexity index is 727. The molecule has 0 saturated heterocycles. The zero-order valence-corrected chi connectivity index (χ0v) is 12.5. The molecule has 0 spiro atoms. The Balaban J connectivity index is 2.34. The first-order valence-corrected chi connectivity index (χ1v) is 6.76. The summed E-state index contributed by atoms with van der Waals surface area (Å²) in [5.74, 6) is -0.279. The van der Waals surface area contributed by atoms with Gasteiger partial charge in [0.25, 0.3) is 0 Å². The lowest BCUT2D eigenvalue weighted by Gasteiger charge is -2.19. The van der Waals surface area contributed by atoms with Gasteiger partial charge in [-0.3, -0.25) is 4.79 Å². The molecule has 0 aliphatic rings. The Morgan fingerprint density at radius 2 is 2.10 bits per heavy atom. The number of carbonyl (C=O) groups is 1. The van der Waals surface area contributed by atoms with Gasteiger partial charge in [-0.25, -0.2) is 0 Å². The maximum absolute atomic E-state index is 12.0. The molecule has 0 radical (unpaired) electrons. The van der Waals surface area contributed by atoms with Crippen molar-refractivity contribution in [3.05, 3.63) is 42.1 Å². The van der Waals surface area contributed by atoms with E-state index >= 15 is 0 Å². The van der Waals surface area contributed by atoms with Crippen LogP contribution in [0.2, 0.25) is 0 Å². The SMILES string of the molecule is CC(C)(C)OC(=O)Cn1cc(C=CC#N)c2ccccc21. The Morgan fingerprint density at radius 3 is 2.76 bits per heavy atom. The minimum absolute atomic E-state index is 0.151. The van der Waals surface area contributed by atoms with Gasteiger partial charge in [-0.2, -0.15) is 5.26 Å². The number of fused-ring (bicyclic) bond motifs is 1. The molecule has 0 amide bonds. The lowest BCUT2D eigenvalue weighted by molar-refractivity contribution is -0.155. The fourth-order valence-electron chi connectivity index (χ4n) is 2.18. The molecule has 2 aromatic rings. The van der Waals surface area contributed by atoms with Crippen molar-refractivity contribution in [2.45, 2.75) is 32.9 Å². The number of nitriles is 1. The number of rotatable bonds is 3. The van der Waals surface area contributed by atoms with E-state index in [0.29, 0.717) is 0 Å². The van der Waals surface area contributed by atoms with Crippen LogP contribution >= 0.6 is 0 Å². The number of hydrogen-bond acceptors (Lipinski definition) is 3. The Labute approximate surface area is 124 Å². The normalized spacial score (nSPS) is 11.7. The molecule has 0 aliphatic carbocycles. The van der Waals surface area contributed by atoms with E-state index in [9.17, 15) is 4.79 Å². The number of esters is 1. The van der Waals surface area contributed by atoms with Gasteiger partial charge in [-0.1, -0.05) is 18.2 Å². The summed E-state index contributed by atoms with van der Waals surface area (Å²) in [6.45, 7) is 5.69. The van der Waals surface area contributed by atoms with E-state index in [0.717, 1.165) is 16.5 Å². The van der Waals surface area contributed by atoms with Crippen LogP contribution in [0.5, 0.6) is 0 Å².